The van der Waals surface area contributed by atoms with E-state index in [-0.39, 0.29) is 5.76 Å². The van der Waals surface area contributed by atoms with Crippen LogP contribution < -0.4 is 5.32 Å². The van der Waals surface area contributed by atoms with E-state index in [1.165, 1.54) is 0 Å². The van der Waals surface area contributed by atoms with Crippen LogP contribution >= 0.6 is 0 Å². The molecular weight excluding hydrogens is 282 g/mol. The number of alkyl carbamates (subject to hydrolysis) is 1. The molecular formula is C17H23NO4. The lowest BCUT2D eigenvalue weighted by atomic mass is 10.1. The van der Waals surface area contributed by atoms with E-state index in [4.69, 9.17) is 9.47 Å². The maximum atomic E-state index is 12.1. The maximum absolute atomic E-state index is 12.1. The van der Waals surface area contributed by atoms with Gasteiger partial charge in [0.05, 0.1) is 5.76 Å². The number of rotatable bonds is 5. The van der Waals surface area contributed by atoms with Gasteiger partial charge in [-0.2, -0.15) is 0 Å². The van der Waals surface area contributed by atoms with E-state index in [9.17, 15) is 9.59 Å². The number of ether oxygens (including phenoxy) is 2. The average molecular weight is 305 g/mol. The van der Waals surface area contributed by atoms with Gasteiger partial charge in [-0.15, -0.1) is 0 Å². The van der Waals surface area contributed by atoms with E-state index < -0.39 is 23.7 Å². The lowest BCUT2D eigenvalue weighted by Crippen LogP contribution is -2.45. The molecule has 0 fully saturated rings. The van der Waals surface area contributed by atoms with Crippen LogP contribution in [0.4, 0.5) is 4.79 Å². The van der Waals surface area contributed by atoms with Crippen molar-refractivity contribution >= 4 is 12.1 Å². The first-order valence-corrected chi connectivity index (χ1v) is 7.08. The molecule has 5 nitrogen and oxygen atoms in total. The highest BCUT2D eigenvalue weighted by molar-refractivity contribution is 5.82. The van der Waals surface area contributed by atoms with Gasteiger partial charge in [0.25, 0.3) is 0 Å². The Morgan fingerprint density at radius 3 is 2.32 bits per heavy atom. The number of allylic oxidation sites excluding steroid dienone is 1. The third kappa shape index (κ3) is 6.92. The zero-order valence-corrected chi connectivity index (χ0v) is 13.5. The van der Waals surface area contributed by atoms with E-state index in [1.807, 2.05) is 30.3 Å². The van der Waals surface area contributed by atoms with Crippen LogP contribution in [0.5, 0.6) is 0 Å². The van der Waals surface area contributed by atoms with E-state index in [1.54, 1.807) is 27.7 Å². The molecule has 1 amide bonds. The number of amides is 1. The van der Waals surface area contributed by atoms with Gasteiger partial charge in [0, 0.05) is 6.42 Å². The van der Waals surface area contributed by atoms with Crippen LogP contribution in [-0.2, 0) is 20.7 Å². The van der Waals surface area contributed by atoms with Crippen molar-refractivity contribution in [1.29, 1.82) is 0 Å². The Balaban J connectivity index is 2.80. The molecule has 0 aliphatic carbocycles. The second kappa shape index (κ2) is 7.64. The van der Waals surface area contributed by atoms with E-state index in [0.717, 1.165) is 5.56 Å². The largest absolute Gasteiger partial charge is 0.444 e. The van der Waals surface area contributed by atoms with Gasteiger partial charge in [0.15, 0.2) is 0 Å². The van der Waals surface area contributed by atoms with Gasteiger partial charge >= 0.3 is 12.1 Å². The van der Waals surface area contributed by atoms with Crippen molar-refractivity contribution in [3.05, 3.63) is 48.2 Å². The number of esters is 1. The van der Waals surface area contributed by atoms with Gasteiger partial charge in [-0.3, -0.25) is 0 Å². The van der Waals surface area contributed by atoms with E-state index in [0.29, 0.717) is 6.42 Å². The SMILES string of the molecule is C=C(C)OC(=O)C(Cc1ccccc1)NC(=O)OC(C)(C)C. The third-order valence-electron chi connectivity index (χ3n) is 2.53. The molecule has 1 aromatic rings. The Morgan fingerprint density at radius 2 is 1.82 bits per heavy atom. The first-order valence-electron chi connectivity index (χ1n) is 7.08. The van der Waals surface area contributed by atoms with Crippen molar-refractivity contribution in [3.8, 4) is 0 Å². The Bertz CT molecular complexity index is 531. The zero-order chi connectivity index (χ0) is 16.8. The molecule has 1 N–H and O–H groups in total. The summed E-state index contributed by atoms with van der Waals surface area (Å²) in [6.07, 6.45) is -0.348. The molecule has 22 heavy (non-hydrogen) atoms. The van der Waals surface area contributed by atoms with Gasteiger partial charge in [0.2, 0.25) is 0 Å². The fourth-order valence-corrected chi connectivity index (χ4v) is 1.74. The van der Waals surface area contributed by atoms with Crippen molar-refractivity contribution in [3.63, 3.8) is 0 Å². The van der Waals surface area contributed by atoms with Gasteiger partial charge < -0.3 is 14.8 Å². The molecule has 0 aromatic heterocycles. The molecule has 1 atom stereocenters. The molecule has 0 radical (unpaired) electrons. The highest BCUT2D eigenvalue weighted by Crippen LogP contribution is 2.10. The number of benzene rings is 1. The fraction of sp³-hybridized carbons (Fsp3) is 0.412. The smallest absolute Gasteiger partial charge is 0.408 e. The molecule has 1 unspecified atom stereocenters. The molecule has 0 bridgehead atoms. The Hall–Kier alpha value is -2.30. The average Bonchev–Trinajstić information content (AvgIpc) is 2.36. The Labute approximate surface area is 131 Å². The van der Waals surface area contributed by atoms with Crippen LogP contribution in [0.3, 0.4) is 0 Å². The maximum Gasteiger partial charge on any atom is 0.408 e. The fourth-order valence-electron chi connectivity index (χ4n) is 1.74. The molecule has 5 heteroatoms. The predicted molar refractivity (Wildman–Crippen MR) is 84.2 cm³/mol. The summed E-state index contributed by atoms with van der Waals surface area (Å²) in [6, 6.07) is 8.52. The number of carbonyl (C=O) groups excluding carboxylic acids is 2. The van der Waals surface area contributed by atoms with Crippen molar-refractivity contribution in [2.24, 2.45) is 0 Å². The van der Waals surface area contributed by atoms with Gasteiger partial charge in [-0.1, -0.05) is 36.9 Å². The topological polar surface area (TPSA) is 64.6 Å². The summed E-state index contributed by atoms with van der Waals surface area (Å²) in [5.41, 5.74) is 0.266. The summed E-state index contributed by atoms with van der Waals surface area (Å²) in [6.45, 7) is 10.4. The van der Waals surface area contributed by atoms with Gasteiger partial charge in [-0.05, 0) is 33.3 Å². The van der Waals surface area contributed by atoms with Crippen LogP contribution in [0.2, 0.25) is 0 Å². The van der Waals surface area contributed by atoms with Crippen molar-refractivity contribution in [2.75, 3.05) is 0 Å². The predicted octanol–water partition coefficient (Wildman–Crippen LogP) is 3.20. The standard InChI is InChI=1S/C17H23NO4/c1-12(2)21-15(19)14(11-13-9-7-6-8-10-13)18-16(20)22-17(3,4)5/h6-10,14H,1,11H2,2-5H3,(H,18,20). The quantitative estimate of drug-likeness (QED) is 0.670. The van der Waals surface area contributed by atoms with Crippen molar-refractivity contribution in [1.82, 2.24) is 5.32 Å². The Kier molecular flexibility index (Phi) is 6.16. The highest BCUT2D eigenvalue weighted by Gasteiger charge is 2.26. The molecule has 1 rings (SSSR count). The van der Waals surface area contributed by atoms with Gasteiger partial charge in [0.1, 0.15) is 11.6 Å². The molecule has 0 saturated heterocycles. The first-order chi connectivity index (χ1) is 10.2. The molecule has 0 heterocycles. The second-order valence-electron chi connectivity index (χ2n) is 6.01. The minimum absolute atomic E-state index is 0.272. The second-order valence-corrected chi connectivity index (χ2v) is 6.01. The summed E-state index contributed by atoms with van der Waals surface area (Å²) < 4.78 is 10.2. The molecule has 0 aliphatic rings. The summed E-state index contributed by atoms with van der Waals surface area (Å²) in [4.78, 5) is 24.0. The van der Waals surface area contributed by atoms with Crippen LogP contribution in [0, 0.1) is 0 Å². The van der Waals surface area contributed by atoms with Crippen LogP contribution in [0.1, 0.15) is 33.3 Å². The molecule has 0 spiro atoms. The number of hydrogen-bond acceptors (Lipinski definition) is 4. The number of hydrogen-bond donors (Lipinski definition) is 1. The number of carbonyl (C=O) groups is 2. The summed E-state index contributed by atoms with van der Waals surface area (Å²) in [7, 11) is 0. The third-order valence-corrected chi connectivity index (χ3v) is 2.53. The molecule has 0 aliphatic heterocycles. The van der Waals surface area contributed by atoms with E-state index >= 15 is 0 Å². The monoisotopic (exact) mass is 305 g/mol. The van der Waals surface area contributed by atoms with Crippen LogP contribution in [0.15, 0.2) is 42.7 Å². The van der Waals surface area contributed by atoms with Gasteiger partial charge in [-0.25, -0.2) is 9.59 Å². The highest BCUT2D eigenvalue weighted by atomic mass is 16.6. The summed E-state index contributed by atoms with van der Waals surface area (Å²) >= 11 is 0. The summed E-state index contributed by atoms with van der Waals surface area (Å²) in [5.74, 6) is -0.295. The Morgan fingerprint density at radius 1 is 1.23 bits per heavy atom. The zero-order valence-electron chi connectivity index (χ0n) is 13.5. The van der Waals surface area contributed by atoms with Crippen molar-refractivity contribution < 1.29 is 19.1 Å². The van der Waals surface area contributed by atoms with E-state index in [2.05, 4.69) is 11.9 Å². The lowest BCUT2D eigenvalue weighted by Gasteiger charge is -2.23. The minimum Gasteiger partial charge on any atom is -0.444 e. The molecule has 0 saturated carbocycles. The first kappa shape index (κ1) is 17.8. The van der Waals surface area contributed by atoms with Crippen molar-refractivity contribution in [2.45, 2.75) is 45.8 Å². The normalized spacial score (nSPS) is 12.2. The number of nitrogens with one attached hydrogen (secondary N) is 1. The molecule has 120 valence electrons. The summed E-state index contributed by atoms with van der Waals surface area (Å²) in [5, 5.41) is 2.55. The van der Waals surface area contributed by atoms with Crippen LogP contribution in [0.25, 0.3) is 0 Å². The lowest BCUT2D eigenvalue weighted by molar-refractivity contribution is -0.141. The minimum atomic E-state index is -0.839. The molecule has 1 aromatic carbocycles. The van der Waals surface area contributed by atoms with Crippen LogP contribution in [-0.4, -0.2) is 23.7 Å².